The Morgan fingerprint density at radius 1 is 1.30 bits per heavy atom. The van der Waals surface area contributed by atoms with Gasteiger partial charge in [0.1, 0.15) is 5.75 Å². The van der Waals surface area contributed by atoms with Crippen LogP contribution in [0.15, 0.2) is 23.1 Å². The summed E-state index contributed by atoms with van der Waals surface area (Å²) in [6.07, 6.45) is 3.90. The largest absolute Gasteiger partial charge is 0.484 e. The summed E-state index contributed by atoms with van der Waals surface area (Å²) in [4.78, 5) is 11.9. The van der Waals surface area contributed by atoms with E-state index in [9.17, 15) is 13.2 Å². The van der Waals surface area contributed by atoms with E-state index in [4.69, 9.17) is 4.74 Å². The number of nitrogens with zero attached hydrogens (tertiary/aromatic N) is 1. The Labute approximate surface area is 136 Å². The number of aryl methyl sites for hydroxylation is 1. The molecule has 7 heteroatoms. The first-order chi connectivity index (χ1) is 11.0. The van der Waals surface area contributed by atoms with Crippen LogP contribution in [-0.4, -0.2) is 44.4 Å². The average molecular weight is 338 g/mol. The summed E-state index contributed by atoms with van der Waals surface area (Å²) < 4.78 is 32.0. The minimum atomic E-state index is -3.42. The summed E-state index contributed by atoms with van der Waals surface area (Å²) in [5, 5.41) is 2.85. The highest BCUT2D eigenvalue weighted by molar-refractivity contribution is 7.89. The Kier molecular flexibility index (Phi) is 4.59. The molecular weight excluding hydrogens is 316 g/mol. The lowest BCUT2D eigenvalue weighted by Crippen LogP contribution is -2.30. The van der Waals surface area contributed by atoms with Gasteiger partial charge in [-0.2, -0.15) is 4.31 Å². The smallest absolute Gasteiger partial charge is 0.258 e. The maximum atomic E-state index is 12.5. The van der Waals surface area contributed by atoms with E-state index in [0.717, 1.165) is 25.7 Å². The molecule has 2 aliphatic rings. The minimum Gasteiger partial charge on any atom is -0.484 e. The van der Waals surface area contributed by atoms with Gasteiger partial charge in [0.05, 0.1) is 4.90 Å². The van der Waals surface area contributed by atoms with Crippen molar-refractivity contribution in [2.75, 3.05) is 19.7 Å². The predicted molar refractivity (Wildman–Crippen MR) is 85.8 cm³/mol. The first-order valence-corrected chi connectivity index (χ1v) is 9.44. The molecule has 6 nitrogen and oxygen atoms in total. The van der Waals surface area contributed by atoms with Gasteiger partial charge in [-0.3, -0.25) is 4.79 Å². The Morgan fingerprint density at radius 3 is 2.61 bits per heavy atom. The fraction of sp³-hybridized carbons (Fsp3) is 0.562. The lowest BCUT2D eigenvalue weighted by atomic mass is 10.2. The standard InChI is InChI=1S/C16H22N2O4S/c1-12-10-14(23(20,21)18-8-2-3-9-18)6-7-15(12)22-11-16(19)17-13-4-5-13/h6-7,10,13H,2-5,8-9,11H2,1H3,(H,17,19). The molecular formula is C16H22N2O4S. The molecule has 0 unspecified atom stereocenters. The van der Waals surface area contributed by atoms with Gasteiger partial charge in [0.25, 0.3) is 5.91 Å². The minimum absolute atomic E-state index is 0.0461. The topological polar surface area (TPSA) is 75.7 Å². The molecule has 1 heterocycles. The van der Waals surface area contributed by atoms with Crippen molar-refractivity contribution in [2.24, 2.45) is 0 Å². The molecule has 0 aromatic heterocycles. The third-order valence-corrected chi connectivity index (χ3v) is 6.05. The normalized spacial score (nSPS) is 18.8. The molecule has 0 bridgehead atoms. The number of hydrogen-bond donors (Lipinski definition) is 1. The van der Waals surface area contributed by atoms with Gasteiger partial charge in [-0.05, 0) is 56.4 Å². The van der Waals surface area contributed by atoms with E-state index >= 15 is 0 Å². The molecule has 1 aliphatic carbocycles. The maximum absolute atomic E-state index is 12.5. The van der Waals surface area contributed by atoms with Crippen LogP contribution in [0.1, 0.15) is 31.2 Å². The molecule has 1 aliphatic heterocycles. The highest BCUT2D eigenvalue weighted by Gasteiger charge is 2.27. The van der Waals surface area contributed by atoms with E-state index in [-0.39, 0.29) is 17.4 Å². The second-order valence-electron chi connectivity index (χ2n) is 6.17. The van der Waals surface area contributed by atoms with Crippen LogP contribution < -0.4 is 10.1 Å². The number of rotatable bonds is 6. The molecule has 1 saturated carbocycles. The van der Waals surface area contributed by atoms with Gasteiger partial charge >= 0.3 is 0 Å². The van der Waals surface area contributed by atoms with Gasteiger partial charge in [-0.1, -0.05) is 0 Å². The van der Waals surface area contributed by atoms with E-state index < -0.39 is 10.0 Å². The van der Waals surface area contributed by atoms with Gasteiger partial charge in [0, 0.05) is 19.1 Å². The van der Waals surface area contributed by atoms with Crippen molar-refractivity contribution in [3.05, 3.63) is 23.8 Å². The fourth-order valence-electron chi connectivity index (χ4n) is 2.66. The number of ether oxygens (including phenoxy) is 1. The van der Waals surface area contributed by atoms with Crippen LogP contribution in [0.2, 0.25) is 0 Å². The summed E-state index contributed by atoms with van der Waals surface area (Å²) in [5.74, 6) is 0.400. The summed E-state index contributed by atoms with van der Waals surface area (Å²) in [7, 11) is -3.42. The lowest BCUT2D eigenvalue weighted by molar-refractivity contribution is -0.123. The van der Waals surface area contributed by atoms with Crippen LogP contribution in [0.5, 0.6) is 5.75 Å². The number of carbonyl (C=O) groups is 1. The molecule has 126 valence electrons. The van der Waals surface area contributed by atoms with E-state index in [2.05, 4.69) is 5.32 Å². The van der Waals surface area contributed by atoms with E-state index in [1.807, 2.05) is 0 Å². The van der Waals surface area contributed by atoms with Crippen molar-refractivity contribution in [1.29, 1.82) is 0 Å². The number of nitrogens with one attached hydrogen (secondary N) is 1. The van der Waals surface area contributed by atoms with Crippen LogP contribution in [0.3, 0.4) is 0 Å². The summed E-state index contributed by atoms with van der Waals surface area (Å²) in [5.41, 5.74) is 0.712. The fourth-order valence-corrected chi connectivity index (χ4v) is 4.26. The molecule has 2 fully saturated rings. The second kappa shape index (κ2) is 6.49. The van der Waals surface area contributed by atoms with Crippen molar-refractivity contribution in [3.63, 3.8) is 0 Å². The first kappa shape index (κ1) is 16.3. The zero-order valence-electron chi connectivity index (χ0n) is 13.2. The van der Waals surface area contributed by atoms with Gasteiger partial charge in [0.2, 0.25) is 10.0 Å². The lowest BCUT2D eigenvalue weighted by Gasteiger charge is -2.17. The van der Waals surface area contributed by atoms with Crippen molar-refractivity contribution in [2.45, 2.75) is 43.5 Å². The SMILES string of the molecule is Cc1cc(S(=O)(=O)N2CCCC2)ccc1OCC(=O)NC1CC1. The molecule has 23 heavy (non-hydrogen) atoms. The monoisotopic (exact) mass is 338 g/mol. The van der Waals surface area contributed by atoms with Gasteiger partial charge in [-0.15, -0.1) is 0 Å². The molecule has 0 radical (unpaired) electrons. The van der Waals surface area contributed by atoms with Crippen LogP contribution in [0.4, 0.5) is 0 Å². The summed E-state index contributed by atoms with van der Waals surface area (Å²) in [6, 6.07) is 5.10. The zero-order valence-corrected chi connectivity index (χ0v) is 14.1. The van der Waals surface area contributed by atoms with Gasteiger partial charge in [-0.25, -0.2) is 8.42 Å². The first-order valence-electron chi connectivity index (χ1n) is 8.00. The van der Waals surface area contributed by atoms with Crippen LogP contribution in [-0.2, 0) is 14.8 Å². The molecule has 1 aromatic rings. The summed E-state index contributed by atoms with van der Waals surface area (Å²) >= 11 is 0. The van der Waals surface area contributed by atoms with Crippen molar-refractivity contribution in [1.82, 2.24) is 9.62 Å². The second-order valence-corrected chi connectivity index (χ2v) is 8.11. The number of carbonyl (C=O) groups excluding carboxylic acids is 1. The number of benzene rings is 1. The van der Waals surface area contributed by atoms with Crippen LogP contribution >= 0.6 is 0 Å². The quantitative estimate of drug-likeness (QED) is 0.851. The van der Waals surface area contributed by atoms with Gasteiger partial charge < -0.3 is 10.1 Å². The Bertz CT molecular complexity index is 692. The summed E-state index contributed by atoms with van der Waals surface area (Å²) in [6.45, 7) is 2.91. The molecule has 1 saturated heterocycles. The molecule has 3 rings (SSSR count). The van der Waals surface area contributed by atoms with Crippen molar-refractivity contribution < 1.29 is 17.9 Å². The van der Waals surface area contributed by atoms with Crippen molar-refractivity contribution in [3.8, 4) is 5.75 Å². The molecule has 0 atom stereocenters. The third-order valence-electron chi connectivity index (χ3n) is 4.15. The Morgan fingerprint density at radius 2 is 2.00 bits per heavy atom. The van der Waals surface area contributed by atoms with E-state index in [1.165, 1.54) is 4.31 Å². The highest BCUT2D eigenvalue weighted by atomic mass is 32.2. The number of sulfonamides is 1. The predicted octanol–water partition coefficient (Wildman–Crippen LogP) is 1.44. The zero-order chi connectivity index (χ0) is 16.4. The van der Waals surface area contributed by atoms with E-state index in [0.29, 0.717) is 30.4 Å². The third kappa shape index (κ3) is 3.84. The van der Waals surface area contributed by atoms with Crippen LogP contribution in [0, 0.1) is 6.92 Å². The van der Waals surface area contributed by atoms with Crippen molar-refractivity contribution >= 4 is 15.9 Å². The number of amides is 1. The van der Waals surface area contributed by atoms with Crippen LogP contribution in [0.25, 0.3) is 0 Å². The average Bonchev–Trinajstić information content (AvgIpc) is 3.14. The maximum Gasteiger partial charge on any atom is 0.258 e. The molecule has 1 N–H and O–H groups in total. The Hall–Kier alpha value is -1.60. The molecule has 1 aromatic carbocycles. The Balaban J connectivity index is 1.66. The molecule has 0 spiro atoms. The molecule has 1 amide bonds. The van der Waals surface area contributed by atoms with E-state index in [1.54, 1.807) is 25.1 Å². The highest BCUT2D eigenvalue weighted by Crippen LogP contribution is 2.26. The number of hydrogen-bond acceptors (Lipinski definition) is 4. The van der Waals surface area contributed by atoms with Gasteiger partial charge in [0.15, 0.2) is 6.61 Å².